The number of nitrogens with one attached hydrogen (secondary N) is 1. The van der Waals surface area contributed by atoms with Crippen LogP contribution < -0.4 is 11.1 Å². The molecule has 0 amide bonds. The Balaban J connectivity index is 1.94. The van der Waals surface area contributed by atoms with Gasteiger partial charge in [-0.05, 0) is 52.9 Å². The zero-order valence-electron chi connectivity index (χ0n) is 10.1. The fourth-order valence-electron chi connectivity index (χ4n) is 2.02. The molecule has 3 nitrogen and oxygen atoms in total. The average Bonchev–Trinajstić information content (AvgIpc) is 2.38. The molecule has 1 aromatic carbocycles. The monoisotopic (exact) mass is 328 g/mol. The van der Waals surface area contributed by atoms with E-state index in [1.807, 2.05) is 18.2 Å². The molecule has 1 aromatic rings. The van der Waals surface area contributed by atoms with Crippen LogP contribution in [0.2, 0.25) is 0 Å². The maximum Gasteiger partial charge on any atom is 0.104 e. The quantitative estimate of drug-likeness (QED) is 0.834. The molecule has 1 aliphatic rings. The number of benzene rings is 1. The summed E-state index contributed by atoms with van der Waals surface area (Å²) in [4.78, 5) is 0.423. The lowest BCUT2D eigenvalue weighted by Gasteiger charge is -2.23. The van der Waals surface area contributed by atoms with E-state index in [1.54, 1.807) is 0 Å². The molecule has 0 spiro atoms. The van der Waals surface area contributed by atoms with Gasteiger partial charge in [-0.2, -0.15) is 0 Å². The van der Waals surface area contributed by atoms with E-state index in [-0.39, 0.29) is 0 Å². The summed E-state index contributed by atoms with van der Waals surface area (Å²) in [7, 11) is 0. The second-order valence-electron chi connectivity index (χ2n) is 4.50. The van der Waals surface area contributed by atoms with Crippen molar-refractivity contribution in [1.82, 2.24) is 0 Å². The summed E-state index contributed by atoms with van der Waals surface area (Å²) in [5.74, 6) is 0.695. The van der Waals surface area contributed by atoms with Crippen molar-refractivity contribution >= 4 is 38.8 Å². The molecule has 0 radical (unpaired) electrons. The van der Waals surface area contributed by atoms with Gasteiger partial charge in [-0.1, -0.05) is 12.2 Å². The minimum atomic E-state index is 0.423. The second kappa shape index (κ2) is 6.50. The molecule has 1 aliphatic heterocycles. The van der Waals surface area contributed by atoms with E-state index in [4.69, 9.17) is 22.7 Å². The van der Waals surface area contributed by atoms with Crippen LogP contribution in [0.25, 0.3) is 0 Å². The molecule has 3 N–H and O–H groups in total. The lowest BCUT2D eigenvalue weighted by atomic mass is 10.0. The fourth-order valence-corrected chi connectivity index (χ4v) is 2.66. The molecule has 0 atom stereocenters. The Hall–Kier alpha value is -0.650. The van der Waals surface area contributed by atoms with E-state index >= 15 is 0 Å². The molecule has 0 saturated carbocycles. The lowest BCUT2D eigenvalue weighted by Crippen LogP contribution is -2.22. The van der Waals surface area contributed by atoms with Crippen LogP contribution in [0.5, 0.6) is 0 Å². The highest BCUT2D eigenvalue weighted by atomic mass is 79.9. The molecule has 2 rings (SSSR count). The van der Waals surface area contributed by atoms with Gasteiger partial charge in [0.2, 0.25) is 0 Å². The third-order valence-electron chi connectivity index (χ3n) is 3.18. The zero-order chi connectivity index (χ0) is 13.0. The number of rotatable bonds is 4. The van der Waals surface area contributed by atoms with E-state index in [0.717, 1.165) is 48.3 Å². The molecule has 98 valence electrons. The minimum absolute atomic E-state index is 0.423. The summed E-state index contributed by atoms with van der Waals surface area (Å²) in [5, 5.41) is 3.46. The second-order valence-corrected chi connectivity index (χ2v) is 5.79. The summed E-state index contributed by atoms with van der Waals surface area (Å²) in [6, 6.07) is 5.91. The van der Waals surface area contributed by atoms with Crippen molar-refractivity contribution in [3.05, 3.63) is 28.2 Å². The maximum absolute atomic E-state index is 5.60. The first-order valence-electron chi connectivity index (χ1n) is 6.08. The number of hydrogen-bond acceptors (Lipinski definition) is 3. The molecule has 1 saturated heterocycles. The smallest absolute Gasteiger partial charge is 0.104 e. The van der Waals surface area contributed by atoms with E-state index in [2.05, 4.69) is 21.2 Å². The Morgan fingerprint density at radius 1 is 1.44 bits per heavy atom. The number of nitrogens with two attached hydrogens (primary N) is 1. The predicted octanol–water partition coefficient (Wildman–Crippen LogP) is 2.92. The van der Waals surface area contributed by atoms with Crippen molar-refractivity contribution in [2.24, 2.45) is 11.7 Å². The van der Waals surface area contributed by atoms with E-state index in [0.29, 0.717) is 10.9 Å². The SMILES string of the molecule is NC(=S)c1ccc(NCC2CCOCC2)c(Br)c1. The van der Waals surface area contributed by atoms with Gasteiger partial charge in [-0.3, -0.25) is 0 Å². The highest BCUT2D eigenvalue weighted by Gasteiger charge is 2.13. The van der Waals surface area contributed by atoms with Crippen molar-refractivity contribution in [2.45, 2.75) is 12.8 Å². The molecule has 1 heterocycles. The van der Waals surface area contributed by atoms with Crippen LogP contribution in [-0.2, 0) is 4.74 Å². The number of hydrogen-bond donors (Lipinski definition) is 2. The Kier molecular flexibility index (Phi) is 4.97. The fraction of sp³-hybridized carbons (Fsp3) is 0.462. The summed E-state index contributed by atoms with van der Waals surface area (Å²) in [6.07, 6.45) is 2.27. The first-order valence-corrected chi connectivity index (χ1v) is 7.28. The topological polar surface area (TPSA) is 47.3 Å². The summed E-state index contributed by atoms with van der Waals surface area (Å²) in [6.45, 7) is 2.75. The van der Waals surface area contributed by atoms with Crippen LogP contribution in [0.15, 0.2) is 22.7 Å². The molecule has 0 aromatic heterocycles. The summed E-state index contributed by atoms with van der Waals surface area (Å²) >= 11 is 8.49. The number of thiocarbonyl (C=S) groups is 1. The van der Waals surface area contributed by atoms with Crippen molar-refractivity contribution in [3.8, 4) is 0 Å². The molecule has 5 heteroatoms. The van der Waals surface area contributed by atoms with Crippen molar-refractivity contribution in [2.75, 3.05) is 25.1 Å². The van der Waals surface area contributed by atoms with Gasteiger partial charge in [0.05, 0.1) is 0 Å². The largest absolute Gasteiger partial charge is 0.389 e. The molecule has 1 fully saturated rings. The first kappa shape index (κ1) is 13.8. The summed E-state index contributed by atoms with van der Waals surface area (Å²) in [5.41, 5.74) is 7.57. The minimum Gasteiger partial charge on any atom is -0.389 e. The van der Waals surface area contributed by atoms with Gasteiger partial charge in [-0.15, -0.1) is 0 Å². The van der Waals surface area contributed by atoms with E-state index < -0.39 is 0 Å². The molecule has 0 bridgehead atoms. The van der Waals surface area contributed by atoms with Gasteiger partial charge in [0.25, 0.3) is 0 Å². The highest BCUT2D eigenvalue weighted by molar-refractivity contribution is 9.10. The maximum atomic E-state index is 5.60. The number of ether oxygens (including phenoxy) is 1. The Morgan fingerprint density at radius 3 is 2.78 bits per heavy atom. The van der Waals surface area contributed by atoms with Crippen LogP contribution in [0.3, 0.4) is 0 Å². The van der Waals surface area contributed by atoms with Gasteiger partial charge < -0.3 is 15.8 Å². The zero-order valence-corrected chi connectivity index (χ0v) is 12.5. The Morgan fingerprint density at radius 2 is 2.17 bits per heavy atom. The first-order chi connectivity index (χ1) is 8.66. The van der Waals surface area contributed by atoms with Crippen LogP contribution in [0, 0.1) is 5.92 Å². The van der Waals surface area contributed by atoms with Crippen LogP contribution in [0.1, 0.15) is 18.4 Å². The van der Waals surface area contributed by atoms with Gasteiger partial charge in [0, 0.05) is 35.5 Å². The Labute approximate surface area is 121 Å². The van der Waals surface area contributed by atoms with Crippen molar-refractivity contribution in [3.63, 3.8) is 0 Å². The van der Waals surface area contributed by atoms with Crippen LogP contribution >= 0.6 is 28.1 Å². The molecule has 0 unspecified atom stereocenters. The van der Waals surface area contributed by atoms with Gasteiger partial charge >= 0.3 is 0 Å². The third-order valence-corrected chi connectivity index (χ3v) is 4.07. The number of anilines is 1. The predicted molar refractivity (Wildman–Crippen MR) is 82.1 cm³/mol. The molecule has 0 aliphatic carbocycles. The molecular weight excluding hydrogens is 312 g/mol. The van der Waals surface area contributed by atoms with Crippen molar-refractivity contribution in [1.29, 1.82) is 0 Å². The van der Waals surface area contributed by atoms with Crippen molar-refractivity contribution < 1.29 is 4.74 Å². The van der Waals surface area contributed by atoms with Gasteiger partial charge in [0.15, 0.2) is 0 Å². The van der Waals surface area contributed by atoms with Crippen LogP contribution in [-0.4, -0.2) is 24.7 Å². The van der Waals surface area contributed by atoms with Gasteiger partial charge in [0.1, 0.15) is 4.99 Å². The van der Waals surface area contributed by atoms with Gasteiger partial charge in [-0.25, -0.2) is 0 Å². The van der Waals surface area contributed by atoms with E-state index in [1.165, 1.54) is 0 Å². The summed E-state index contributed by atoms with van der Waals surface area (Å²) < 4.78 is 6.35. The molecule has 18 heavy (non-hydrogen) atoms. The highest BCUT2D eigenvalue weighted by Crippen LogP contribution is 2.25. The standard InChI is InChI=1S/C13H17BrN2OS/c14-11-7-10(13(15)18)1-2-12(11)16-8-9-3-5-17-6-4-9/h1-2,7,9,16H,3-6,8H2,(H2,15,18). The number of halogens is 1. The average molecular weight is 329 g/mol. The normalized spacial score (nSPS) is 16.5. The van der Waals surface area contributed by atoms with Crippen LogP contribution in [0.4, 0.5) is 5.69 Å². The Bertz CT molecular complexity index is 433. The molecular formula is C13H17BrN2OS. The lowest BCUT2D eigenvalue weighted by molar-refractivity contribution is 0.0699. The third kappa shape index (κ3) is 3.67. The van der Waals surface area contributed by atoms with E-state index in [9.17, 15) is 0 Å².